The minimum absolute atomic E-state index is 0.132. The van der Waals surface area contributed by atoms with Gasteiger partial charge in [-0.25, -0.2) is 0 Å². The van der Waals surface area contributed by atoms with Crippen molar-refractivity contribution < 1.29 is 5.11 Å². The summed E-state index contributed by atoms with van der Waals surface area (Å²) in [4.78, 5) is 2.61. The third kappa shape index (κ3) is 2.60. The maximum Gasteiger partial charge on any atom is 0.0497 e. The number of hydrogen-bond acceptors (Lipinski definition) is 2. The Morgan fingerprint density at radius 2 is 1.88 bits per heavy atom. The van der Waals surface area contributed by atoms with Crippen molar-refractivity contribution in [3.63, 3.8) is 0 Å². The van der Waals surface area contributed by atoms with Gasteiger partial charge in [0.25, 0.3) is 0 Å². The van der Waals surface area contributed by atoms with Crippen LogP contribution in [-0.2, 0) is 0 Å². The summed E-state index contributed by atoms with van der Waals surface area (Å²) in [6, 6.07) is 0. The highest BCUT2D eigenvalue weighted by atomic mass is 16.3. The zero-order valence-corrected chi connectivity index (χ0v) is 10.9. The van der Waals surface area contributed by atoms with Gasteiger partial charge < -0.3 is 10.0 Å². The SMILES string of the molecule is CCCC(C)(CO)CN1CC2CCCC2C1. The van der Waals surface area contributed by atoms with Gasteiger partial charge in [0, 0.05) is 31.7 Å². The lowest BCUT2D eigenvalue weighted by Crippen LogP contribution is -2.37. The zero-order valence-electron chi connectivity index (χ0n) is 10.9. The third-order valence-electron chi connectivity index (χ3n) is 4.64. The second-order valence-electron chi connectivity index (χ2n) is 6.36. The van der Waals surface area contributed by atoms with Gasteiger partial charge in [-0.1, -0.05) is 26.7 Å². The van der Waals surface area contributed by atoms with E-state index in [1.54, 1.807) is 0 Å². The van der Waals surface area contributed by atoms with Crippen molar-refractivity contribution in [1.82, 2.24) is 4.90 Å². The van der Waals surface area contributed by atoms with Crippen molar-refractivity contribution >= 4 is 0 Å². The number of likely N-dealkylation sites (tertiary alicyclic amines) is 1. The Hall–Kier alpha value is -0.0800. The third-order valence-corrected chi connectivity index (χ3v) is 4.64. The largest absolute Gasteiger partial charge is 0.396 e. The minimum Gasteiger partial charge on any atom is -0.396 e. The van der Waals surface area contributed by atoms with Crippen LogP contribution in [0.1, 0.15) is 46.0 Å². The van der Waals surface area contributed by atoms with Gasteiger partial charge in [-0.3, -0.25) is 0 Å². The summed E-state index contributed by atoms with van der Waals surface area (Å²) in [5.41, 5.74) is 0.132. The molecule has 0 amide bonds. The van der Waals surface area contributed by atoms with Crippen molar-refractivity contribution in [2.24, 2.45) is 17.3 Å². The average Bonchev–Trinajstić information content (AvgIpc) is 2.78. The summed E-state index contributed by atoms with van der Waals surface area (Å²) in [6.45, 7) is 8.49. The van der Waals surface area contributed by atoms with E-state index in [9.17, 15) is 5.11 Å². The van der Waals surface area contributed by atoms with Crippen molar-refractivity contribution in [2.45, 2.75) is 46.0 Å². The van der Waals surface area contributed by atoms with E-state index >= 15 is 0 Å². The van der Waals surface area contributed by atoms with Crippen LogP contribution in [0.3, 0.4) is 0 Å². The first-order valence-corrected chi connectivity index (χ1v) is 7.00. The molecule has 1 aliphatic heterocycles. The first-order chi connectivity index (χ1) is 7.67. The normalized spacial score (nSPS) is 33.9. The van der Waals surface area contributed by atoms with Crippen molar-refractivity contribution in [2.75, 3.05) is 26.2 Å². The van der Waals surface area contributed by atoms with Crippen LogP contribution in [0.2, 0.25) is 0 Å². The van der Waals surface area contributed by atoms with Crippen LogP contribution in [0.4, 0.5) is 0 Å². The van der Waals surface area contributed by atoms with Gasteiger partial charge >= 0.3 is 0 Å². The first kappa shape index (κ1) is 12.4. The molecular formula is C14H27NO. The second kappa shape index (κ2) is 5.05. The van der Waals surface area contributed by atoms with Crippen LogP contribution in [0.5, 0.6) is 0 Å². The minimum atomic E-state index is 0.132. The van der Waals surface area contributed by atoms with Gasteiger partial charge in [0.2, 0.25) is 0 Å². The number of fused-ring (bicyclic) bond motifs is 1. The number of aliphatic hydroxyl groups excluding tert-OH is 1. The molecule has 1 aliphatic carbocycles. The molecule has 2 fully saturated rings. The van der Waals surface area contributed by atoms with Crippen molar-refractivity contribution in [3.8, 4) is 0 Å². The predicted octanol–water partition coefficient (Wildman–Crippen LogP) is 2.52. The summed E-state index contributed by atoms with van der Waals surface area (Å²) in [7, 11) is 0. The Labute approximate surface area is 100 Å². The summed E-state index contributed by atoms with van der Waals surface area (Å²) in [6.07, 6.45) is 6.68. The molecule has 3 atom stereocenters. The van der Waals surface area contributed by atoms with E-state index in [1.165, 1.54) is 38.8 Å². The summed E-state index contributed by atoms with van der Waals surface area (Å²) >= 11 is 0. The number of nitrogens with zero attached hydrogens (tertiary/aromatic N) is 1. The smallest absolute Gasteiger partial charge is 0.0497 e. The number of hydrogen-bond donors (Lipinski definition) is 1. The molecule has 1 N–H and O–H groups in total. The molecule has 16 heavy (non-hydrogen) atoms. The van der Waals surface area contributed by atoms with E-state index in [1.807, 2.05) is 0 Å². The van der Waals surface area contributed by atoms with Crippen LogP contribution in [0.25, 0.3) is 0 Å². The molecule has 0 bridgehead atoms. The fourth-order valence-electron chi connectivity index (χ4n) is 3.81. The maximum atomic E-state index is 9.55. The molecule has 1 saturated heterocycles. The first-order valence-electron chi connectivity index (χ1n) is 7.00. The van der Waals surface area contributed by atoms with E-state index in [2.05, 4.69) is 18.7 Å². The molecule has 1 heterocycles. The molecule has 94 valence electrons. The highest BCUT2D eigenvalue weighted by Crippen LogP contribution is 2.39. The molecule has 3 unspecified atom stereocenters. The fraction of sp³-hybridized carbons (Fsp3) is 1.00. The lowest BCUT2D eigenvalue weighted by molar-refractivity contribution is 0.0865. The topological polar surface area (TPSA) is 23.5 Å². The van der Waals surface area contributed by atoms with Gasteiger partial charge in [0.1, 0.15) is 0 Å². The molecule has 0 radical (unpaired) electrons. The van der Waals surface area contributed by atoms with Crippen molar-refractivity contribution in [1.29, 1.82) is 0 Å². The number of rotatable bonds is 5. The quantitative estimate of drug-likeness (QED) is 0.777. The molecular weight excluding hydrogens is 198 g/mol. The summed E-state index contributed by atoms with van der Waals surface area (Å²) < 4.78 is 0. The Morgan fingerprint density at radius 3 is 2.38 bits per heavy atom. The van der Waals surface area contributed by atoms with Crippen LogP contribution >= 0.6 is 0 Å². The average molecular weight is 225 g/mol. The standard InChI is InChI=1S/C14H27NO/c1-3-7-14(2,11-16)10-15-8-12-5-4-6-13(12)9-15/h12-13,16H,3-11H2,1-2H3. The Kier molecular flexibility index (Phi) is 3.91. The van der Waals surface area contributed by atoms with Gasteiger partial charge in [-0.15, -0.1) is 0 Å². The van der Waals surface area contributed by atoms with E-state index in [0.29, 0.717) is 6.61 Å². The number of aliphatic hydroxyl groups is 1. The Bertz CT molecular complexity index is 219. The second-order valence-corrected chi connectivity index (χ2v) is 6.36. The van der Waals surface area contributed by atoms with Crippen LogP contribution in [-0.4, -0.2) is 36.2 Å². The molecule has 0 aromatic heterocycles. The lowest BCUT2D eigenvalue weighted by atomic mass is 9.86. The van der Waals surface area contributed by atoms with Crippen LogP contribution in [0, 0.1) is 17.3 Å². The molecule has 0 aromatic carbocycles. The van der Waals surface area contributed by atoms with E-state index in [0.717, 1.165) is 24.8 Å². The summed E-state index contributed by atoms with van der Waals surface area (Å²) in [5, 5.41) is 9.55. The van der Waals surface area contributed by atoms with E-state index in [-0.39, 0.29) is 5.41 Å². The molecule has 0 spiro atoms. The predicted molar refractivity (Wildman–Crippen MR) is 67.4 cm³/mol. The van der Waals surface area contributed by atoms with Gasteiger partial charge in [-0.05, 0) is 31.1 Å². The van der Waals surface area contributed by atoms with Crippen molar-refractivity contribution in [3.05, 3.63) is 0 Å². The zero-order chi connectivity index (χ0) is 11.6. The fourth-order valence-corrected chi connectivity index (χ4v) is 3.81. The van der Waals surface area contributed by atoms with Gasteiger partial charge in [0.05, 0.1) is 0 Å². The molecule has 2 aliphatic rings. The Morgan fingerprint density at radius 1 is 1.25 bits per heavy atom. The molecule has 2 nitrogen and oxygen atoms in total. The monoisotopic (exact) mass is 225 g/mol. The van der Waals surface area contributed by atoms with E-state index < -0.39 is 0 Å². The highest BCUT2D eigenvalue weighted by Gasteiger charge is 2.38. The van der Waals surface area contributed by atoms with Gasteiger partial charge in [0.15, 0.2) is 0 Å². The molecule has 1 saturated carbocycles. The van der Waals surface area contributed by atoms with E-state index in [4.69, 9.17) is 0 Å². The molecule has 0 aromatic rings. The van der Waals surface area contributed by atoms with Crippen LogP contribution < -0.4 is 0 Å². The molecule has 2 heteroatoms. The van der Waals surface area contributed by atoms with Gasteiger partial charge in [-0.2, -0.15) is 0 Å². The Balaban J connectivity index is 1.85. The molecule has 2 rings (SSSR count). The summed E-state index contributed by atoms with van der Waals surface area (Å²) in [5.74, 6) is 1.95. The lowest BCUT2D eigenvalue weighted by Gasteiger charge is -2.32. The van der Waals surface area contributed by atoms with Crippen LogP contribution in [0.15, 0.2) is 0 Å². The maximum absolute atomic E-state index is 9.55. The highest BCUT2D eigenvalue weighted by molar-refractivity contribution is 4.90.